The van der Waals surface area contributed by atoms with Crippen LogP contribution in [0.1, 0.15) is 38.5 Å². The lowest BCUT2D eigenvalue weighted by Gasteiger charge is -2.34. The molecule has 8 heteroatoms. The molecule has 0 atom stereocenters. The van der Waals surface area contributed by atoms with Crippen LogP contribution in [0.2, 0.25) is 5.02 Å². The Kier molecular flexibility index (Phi) is 7.00. The molecule has 174 valence electrons. The minimum Gasteiger partial charge on any atom is -0.488 e. The van der Waals surface area contributed by atoms with E-state index in [2.05, 4.69) is 10.1 Å². The standard InChI is InChI=1S/C25H27ClFN3O3/c1-16-7-8-17(2)23(13-16)32-15-20-18(3)33-28-24(20)25(31)30-11-9-29(10-12-30)14-19-21(26)5-4-6-22(19)27/h4-8,13H,9-12,14-15H2,1-3H3. The maximum atomic E-state index is 14.1. The lowest BCUT2D eigenvalue weighted by atomic mass is 10.1. The molecule has 2 heterocycles. The van der Waals surface area contributed by atoms with E-state index in [1.165, 1.54) is 6.07 Å². The van der Waals surface area contributed by atoms with E-state index >= 15 is 0 Å². The van der Waals surface area contributed by atoms with Crippen LogP contribution in [0.5, 0.6) is 5.75 Å². The molecular weight excluding hydrogens is 445 g/mol. The van der Waals surface area contributed by atoms with Crippen LogP contribution in [0.4, 0.5) is 4.39 Å². The Balaban J connectivity index is 1.40. The van der Waals surface area contributed by atoms with Crippen molar-refractivity contribution in [2.75, 3.05) is 26.2 Å². The number of carbonyl (C=O) groups excluding carboxylic acids is 1. The second-order valence-corrected chi connectivity index (χ2v) is 8.80. The van der Waals surface area contributed by atoms with Gasteiger partial charge in [-0.05, 0) is 50.1 Å². The first-order valence-corrected chi connectivity index (χ1v) is 11.3. The molecule has 1 aliphatic heterocycles. The van der Waals surface area contributed by atoms with E-state index < -0.39 is 0 Å². The molecule has 0 N–H and O–H groups in total. The van der Waals surface area contributed by atoms with Gasteiger partial charge in [-0.1, -0.05) is 35.0 Å². The summed E-state index contributed by atoms with van der Waals surface area (Å²) in [5, 5.41) is 4.44. The van der Waals surface area contributed by atoms with Gasteiger partial charge in [-0.3, -0.25) is 9.69 Å². The van der Waals surface area contributed by atoms with Gasteiger partial charge in [-0.25, -0.2) is 4.39 Å². The summed E-state index contributed by atoms with van der Waals surface area (Å²) >= 11 is 6.16. The largest absolute Gasteiger partial charge is 0.488 e. The lowest BCUT2D eigenvalue weighted by Crippen LogP contribution is -2.48. The van der Waals surface area contributed by atoms with E-state index in [1.807, 2.05) is 32.0 Å². The molecular formula is C25H27ClFN3O3. The van der Waals surface area contributed by atoms with Crippen LogP contribution in [0.3, 0.4) is 0 Å². The minimum atomic E-state index is -0.312. The van der Waals surface area contributed by atoms with Gasteiger partial charge in [0.2, 0.25) is 0 Å². The minimum absolute atomic E-state index is 0.185. The second-order valence-electron chi connectivity index (χ2n) is 8.39. The number of aromatic nitrogens is 1. The Bertz CT molecular complexity index is 1140. The van der Waals surface area contributed by atoms with E-state index in [4.69, 9.17) is 20.9 Å². The molecule has 1 aliphatic rings. The average molecular weight is 472 g/mol. The number of nitrogens with zero attached hydrogens (tertiary/aromatic N) is 3. The second kappa shape index (κ2) is 9.93. The number of hydrogen-bond donors (Lipinski definition) is 0. The van der Waals surface area contributed by atoms with Gasteiger partial charge in [-0.2, -0.15) is 0 Å². The molecule has 0 aliphatic carbocycles. The third kappa shape index (κ3) is 5.20. The van der Waals surface area contributed by atoms with Crippen LogP contribution in [0.15, 0.2) is 40.9 Å². The predicted octanol–water partition coefficient (Wildman–Crippen LogP) is 4.93. The Morgan fingerprint density at radius 3 is 2.61 bits per heavy atom. The van der Waals surface area contributed by atoms with Crippen LogP contribution in [-0.4, -0.2) is 47.0 Å². The van der Waals surface area contributed by atoms with Gasteiger partial charge < -0.3 is 14.2 Å². The summed E-state index contributed by atoms with van der Waals surface area (Å²) in [5.41, 5.74) is 3.54. The lowest BCUT2D eigenvalue weighted by molar-refractivity contribution is 0.0615. The summed E-state index contributed by atoms with van der Waals surface area (Å²) < 4.78 is 25.4. The van der Waals surface area contributed by atoms with Crippen molar-refractivity contribution in [2.45, 2.75) is 33.9 Å². The number of aryl methyl sites for hydroxylation is 3. The fourth-order valence-electron chi connectivity index (χ4n) is 3.91. The first-order valence-electron chi connectivity index (χ1n) is 10.9. The van der Waals surface area contributed by atoms with Crippen molar-refractivity contribution in [3.8, 4) is 5.75 Å². The molecule has 0 radical (unpaired) electrons. The molecule has 1 aromatic heterocycles. The van der Waals surface area contributed by atoms with Gasteiger partial charge in [0.05, 0.1) is 5.56 Å². The zero-order valence-electron chi connectivity index (χ0n) is 19.0. The van der Waals surface area contributed by atoms with E-state index in [0.717, 1.165) is 16.9 Å². The van der Waals surface area contributed by atoms with Crippen molar-refractivity contribution in [2.24, 2.45) is 0 Å². The van der Waals surface area contributed by atoms with Gasteiger partial charge in [0, 0.05) is 43.3 Å². The Morgan fingerprint density at radius 1 is 1.12 bits per heavy atom. The monoisotopic (exact) mass is 471 g/mol. The van der Waals surface area contributed by atoms with Crippen molar-refractivity contribution in [3.05, 3.63) is 80.9 Å². The van der Waals surface area contributed by atoms with Crippen molar-refractivity contribution < 1.29 is 18.4 Å². The normalized spacial score (nSPS) is 14.5. The SMILES string of the molecule is Cc1ccc(C)c(OCc2c(C(=O)N3CCN(Cc4c(F)cccc4Cl)CC3)noc2C)c1. The van der Waals surface area contributed by atoms with E-state index in [1.54, 1.807) is 24.0 Å². The molecule has 4 rings (SSSR count). The first-order chi connectivity index (χ1) is 15.8. The molecule has 1 saturated heterocycles. The van der Waals surface area contributed by atoms with Gasteiger partial charge in [0.15, 0.2) is 5.69 Å². The number of halogens is 2. The maximum absolute atomic E-state index is 14.1. The highest BCUT2D eigenvalue weighted by atomic mass is 35.5. The molecule has 3 aromatic rings. The topological polar surface area (TPSA) is 58.8 Å². The van der Waals surface area contributed by atoms with Crippen LogP contribution in [0, 0.1) is 26.6 Å². The summed E-state index contributed by atoms with van der Waals surface area (Å²) in [6, 6.07) is 10.7. The fourth-order valence-corrected chi connectivity index (χ4v) is 4.13. The van der Waals surface area contributed by atoms with Crippen molar-refractivity contribution in [3.63, 3.8) is 0 Å². The highest BCUT2D eigenvalue weighted by Gasteiger charge is 2.28. The Hall–Kier alpha value is -2.90. The van der Waals surface area contributed by atoms with Crippen molar-refractivity contribution >= 4 is 17.5 Å². The summed E-state index contributed by atoms with van der Waals surface area (Å²) in [4.78, 5) is 17.0. The summed E-state index contributed by atoms with van der Waals surface area (Å²) in [7, 11) is 0. The van der Waals surface area contributed by atoms with Crippen LogP contribution in [-0.2, 0) is 13.2 Å². The molecule has 0 unspecified atom stereocenters. The Labute approximate surface area is 197 Å². The molecule has 0 saturated carbocycles. The van der Waals surface area contributed by atoms with Crippen molar-refractivity contribution in [1.29, 1.82) is 0 Å². The van der Waals surface area contributed by atoms with E-state index in [-0.39, 0.29) is 24.0 Å². The van der Waals surface area contributed by atoms with E-state index in [9.17, 15) is 9.18 Å². The molecule has 1 fully saturated rings. The number of rotatable bonds is 6. The van der Waals surface area contributed by atoms with Gasteiger partial charge >= 0.3 is 0 Å². The molecule has 6 nitrogen and oxygen atoms in total. The number of hydrogen-bond acceptors (Lipinski definition) is 5. The summed E-state index contributed by atoms with van der Waals surface area (Å²) in [6.45, 7) is 8.62. The van der Waals surface area contributed by atoms with Crippen LogP contribution < -0.4 is 4.74 Å². The molecule has 33 heavy (non-hydrogen) atoms. The summed E-state index contributed by atoms with van der Waals surface area (Å²) in [5.74, 6) is 0.841. The van der Waals surface area contributed by atoms with Crippen LogP contribution >= 0.6 is 11.6 Å². The fraction of sp³-hybridized carbons (Fsp3) is 0.360. The van der Waals surface area contributed by atoms with Gasteiger partial charge in [0.25, 0.3) is 5.91 Å². The summed E-state index contributed by atoms with van der Waals surface area (Å²) in [6.07, 6.45) is 0. The number of amides is 1. The zero-order valence-corrected chi connectivity index (χ0v) is 19.8. The quantitative estimate of drug-likeness (QED) is 0.510. The van der Waals surface area contributed by atoms with E-state index in [0.29, 0.717) is 54.6 Å². The number of carbonyl (C=O) groups is 1. The number of ether oxygens (including phenoxy) is 1. The number of piperazine rings is 1. The molecule has 1 amide bonds. The third-order valence-corrected chi connectivity index (χ3v) is 6.36. The highest BCUT2D eigenvalue weighted by Crippen LogP contribution is 2.24. The molecule has 2 aromatic carbocycles. The maximum Gasteiger partial charge on any atom is 0.276 e. The predicted molar refractivity (Wildman–Crippen MR) is 124 cm³/mol. The molecule has 0 spiro atoms. The van der Waals surface area contributed by atoms with Crippen LogP contribution in [0.25, 0.3) is 0 Å². The third-order valence-electron chi connectivity index (χ3n) is 6.01. The highest BCUT2D eigenvalue weighted by molar-refractivity contribution is 6.31. The number of benzene rings is 2. The first kappa shape index (κ1) is 23.3. The average Bonchev–Trinajstić information content (AvgIpc) is 3.17. The smallest absolute Gasteiger partial charge is 0.276 e. The van der Waals surface area contributed by atoms with Gasteiger partial charge in [0.1, 0.15) is 23.9 Å². The zero-order chi connectivity index (χ0) is 23.5. The molecule has 0 bridgehead atoms. The van der Waals surface area contributed by atoms with Crippen molar-refractivity contribution in [1.82, 2.24) is 15.0 Å². The Morgan fingerprint density at radius 2 is 1.88 bits per heavy atom. The van der Waals surface area contributed by atoms with Gasteiger partial charge in [-0.15, -0.1) is 0 Å².